The van der Waals surface area contributed by atoms with Crippen LogP contribution in [0.25, 0.3) is 0 Å². The summed E-state index contributed by atoms with van der Waals surface area (Å²) in [5, 5.41) is 6.12. The quantitative estimate of drug-likeness (QED) is 0.169. The van der Waals surface area contributed by atoms with Crippen LogP contribution in [0.4, 0.5) is 0 Å². The molecule has 0 amide bonds. The van der Waals surface area contributed by atoms with E-state index in [0.29, 0.717) is 0 Å². The van der Waals surface area contributed by atoms with Gasteiger partial charge in [-0.2, -0.15) is 0 Å². The highest BCUT2D eigenvalue weighted by atomic mass is 35.5. The number of hydrogen-bond acceptors (Lipinski definition) is 0. The van der Waals surface area contributed by atoms with E-state index in [1.54, 1.807) is 0 Å². The molecule has 4 rings (SSSR count). The van der Waals surface area contributed by atoms with Crippen LogP contribution in [0.2, 0.25) is 0 Å². The van der Waals surface area contributed by atoms with Gasteiger partial charge in [0.05, 0.1) is 60.4 Å². The van der Waals surface area contributed by atoms with Crippen LogP contribution in [0.15, 0.2) is 145 Å². The second kappa shape index (κ2) is 17.0. The van der Waals surface area contributed by atoms with E-state index in [4.69, 9.17) is 0 Å². The Labute approximate surface area is 262 Å². The van der Waals surface area contributed by atoms with E-state index in [-0.39, 0.29) is 24.8 Å². The van der Waals surface area contributed by atoms with Gasteiger partial charge in [-0.3, -0.25) is 0 Å². The second-order valence-corrected chi connectivity index (χ2v) is 18.6. The Balaban J connectivity index is 0.00000294. The van der Waals surface area contributed by atoms with E-state index in [9.17, 15) is 0 Å². The number of benzene rings is 4. The van der Waals surface area contributed by atoms with E-state index >= 15 is 0 Å². The molecule has 0 unspecified atom stereocenters. The van der Waals surface area contributed by atoms with Crippen molar-refractivity contribution in [3.63, 3.8) is 0 Å². The summed E-state index contributed by atoms with van der Waals surface area (Å²) < 4.78 is 0. The van der Waals surface area contributed by atoms with Gasteiger partial charge < -0.3 is 24.8 Å². The molecule has 4 aromatic rings. The monoisotopic (exact) mass is 620 g/mol. The average Bonchev–Trinajstić information content (AvgIpc) is 2.98. The standard InChI is InChI=1S/C37H44P2.2ClH/c1-32(2)26-30-38(34-18-9-5-10-19-34,35-20-11-6-12-21-35)28-17-29-39(31-27-33(3)4,36-22-13-7-14-23-36)37-24-15-8-16-25-37;;/h5-16,18-27H,17,28-31H2,1-4H3;2*1H/q+2;;/p-2. The first-order valence-corrected chi connectivity index (χ1v) is 18.5. The average molecular weight is 622 g/mol. The summed E-state index contributed by atoms with van der Waals surface area (Å²) >= 11 is 0. The zero-order chi connectivity index (χ0) is 27.6. The fourth-order valence-electron chi connectivity index (χ4n) is 5.56. The van der Waals surface area contributed by atoms with E-state index < -0.39 is 14.5 Å². The molecule has 0 radical (unpaired) electrons. The molecule has 0 bridgehead atoms. The molecule has 0 aliphatic rings. The first-order chi connectivity index (χ1) is 19.0. The van der Waals surface area contributed by atoms with Crippen molar-refractivity contribution in [3.05, 3.63) is 145 Å². The fraction of sp³-hybridized carbons (Fsp3) is 0.243. The van der Waals surface area contributed by atoms with Crippen molar-refractivity contribution in [2.24, 2.45) is 0 Å². The van der Waals surface area contributed by atoms with Crippen molar-refractivity contribution in [2.75, 3.05) is 24.6 Å². The normalized spacial score (nSPS) is 11.0. The van der Waals surface area contributed by atoms with Crippen molar-refractivity contribution in [3.8, 4) is 0 Å². The van der Waals surface area contributed by atoms with Gasteiger partial charge in [-0.15, -0.1) is 0 Å². The molecule has 4 aromatic carbocycles. The van der Waals surface area contributed by atoms with Crippen molar-refractivity contribution in [1.29, 1.82) is 0 Å². The van der Waals surface area contributed by atoms with Crippen LogP contribution in [-0.4, -0.2) is 24.6 Å². The Hall–Kier alpha value is -2.20. The molecule has 0 fully saturated rings. The summed E-state index contributed by atoms with van der Waals surface area (Å²) in [4.78, 5) is 0. The fourth-order valence-corrected chi connectivity index (χ4v) is 14.4. The number of allylic oxidation sites excluding steroid dienone is 4. The molecule has 0 heterocycles. The Kier molecular flexibility index (Phi) is 14.6. The van der Waals surface area contributed by atoms with E-state index in [2.05, 4.69) is 161 Å². The minimum atomic E-state index is -1.64. The molecule has 0 aliphatic heterocycles. The third kappa shape index (κ3) is 8.89. The zero-order valence-corrected chi connectivity index (χ0v) is 28.2. The lowest BCUT2D eigenvalue weighted by atomic mass is 10.3. The maximum atomic E-state index is 2.49. The molecule has 216 valence electrons. The van der Waals surface area contributed by atoms with Crippen molar-refractivity contribution >= 4 is 35.7 Å². The summed E-state index contributed by atoms with van der Waals surface area (Å²) in [7, 11) is -3.27. The molecule has 0 atom stereocenters. The topological polar surface area (TPSA) is 0 Å². The van der Waals surface area contributed by atoms with Crippen LogP contribution >= 0.6 is 14.5 Å². The van der Waals surface area contributed by atoms with Gasteiger partial charge in [0, 0.05) is 6.42 Å². The predicted octanol–water partition coefficient (Wildman–Crippen LogP) is 2.65. The zero-order valence-electron chi connectivity index (χ0n) is 24.9. The number of halogens is 2. The molecule has 0 N–H and O–H groups in total. The minimum absolute atomic E-state index is 0. The summed E-state index contributed by atoms with van der Waals surface area (Å²) in [6, 6.07) is 45.6. The van der Waals surface area contributed by atoms with Gasteiger partial charge in [0.2, 0.25) is 0 Å². The highest BCUT2D eigenvalue weighted by Crippen LogP contribution is 2.61. The Morgan fingerprint density at radius 3 is 0.902 bits per heavy atom. The Morgan fingerprint density at radius 2 is 0.683 bits per heavy atom. The highest BCUT2D eigenvalue weighted by molar-refractivity contribution is 7.90. The van der Waals surface area contributed by atoms with E-state index in [1.165, 1.54) is 51.1 Å². The van der Waals surface area contributed by atoms with Crippen LogP contribution in [0.5, 0.6) is 0 Å². The van der Waals surface area contributed by atoms with E-state index in [1.807, 2.05) is 0 Å². The SMILES string of the molecule is CC(C)=CC[P+](CCC[P+](CC=C(C)C)(c1ccccc1)c1ccccc1)(c1ccccc1)c1ccccc1.[Cl-].[Cl-]. The molecule has 0 spiro atoms. The summed E-state index contributed by atoms with van der Waals surface area (Å²) in [5.74, 6) is 0. The van der Waals surface area contributed by atoms with Gasteiger partial charge in [0.1, 0.15) is 0 Å². The van der Waals surface area contributed by atoms with Gasteiger partial charge in [0.25, 0.3) is 0 Å². The third-order valence-electron chi connectivity index (χ3n) is 7.70. The van der Waals surface area contributed by atoms with Gasteiger partial charge in [0.15, 0.2) is 0 Å². The first-order valence-electron chi connectivity index (χ1n) is 14.2. The Morgan fingerprint density at radius 1 is 0.439 bits per heavy atom. The lowest BCUT2D eigenvalue weighted by Gasteiger charge is -2.30. The lowest BCUT2D eigenvalue weighted by molar-refractivity contribution is -0.001000. The molecule has 0 aliphatic carbocycles. The minimum Gasteiger partial charge on any atom is -1.00 e. The van der Waals surface area contributed by atoms with Gasteiger partial charge in [-0.25, -0.2) is 0 Å². The molecule has 0 nitrogen and oxygen atoms in total. The lowest BCUT2D eigenvalue weighted by Crippen LogP contribution is -3.00. The molecular formula is C37H44Cl2P2. The largest absolute Gasteiger partial charge is 1.00 e. The molecule has 0 saturated heterocycles. The number of rotatable bonds is 12. The summed E-state index contributed by atoms with van der Waals surface area (Å²) in [6.07, 6.45) is 10.9. The van der Waals surface area contributed by atoms with Gasteiger partial charge >= 0.3 is 0 Å². The van der Waals surface area contributed by atoms with Crippen molar-refractivity contribution in [2.45, 2.75) is 34.1 Å². The maximum absolute atomic E-state index is 2.49. The molecular weight excluding hydrogens is 577 g/mol. The van der Waals surface area contributed by atoms with E-state index in [0.717, 1.165) is 12.3 Å². The first kappa shape index (κ1) is 35.0. The molecule has 0 aromatic heterocycles. The van der Waals surface area contributed by atoms with Crippen molar-refractivity contribution in [1.82, 2.24) is 0 Å². The molecule has 41 heavy (non-hydrogen) atoms. The van der Waals surface area contributed by atoms with Crippen LogP contribution < -0.4 is 46.0 Å². The summed E-state index contributed by atoms with van der Waals surface area (Å²) in [5.41, 5.74) is 2.82. The van der Waals surface area contributed by atoms with Crippen LogP contribution in [0.1, 0.15) is 34.1 Å². The third-order valence-corrected chi connectivity index (χ3v) is 16.6. The summed E-state index contributed by atoms with van der Waals surface area (Å²) in [6.45, 7) is 8.97. The molecule has 0 saturated carbocycles. The second-order valence-electron chi connectivity index (χ2n) is 11.0. The smallest absolute Gasteiger partial charge is 0.0995 e. The van der Waals surface area contributed by atoms with Gasteiger partial charge in [-0.05, 0) is 88.4 Å². The van der Waals surface area contributed by atoms with Crippen LogP contribution in [-0.2, 0) is 0 Å². The maximum Gasteiger partial charge on any atom is 0.0995 e. The van der Waals surface area contributed by atoms with Crippen LogP contribution in [0.3, 0.4) is 0 Å². The predicted molar refractivity (Wildman–Crippen MR) is 181 cm³/mol. The van der Waals surface area contributed by atoms with Crippen LogP contribution in [0, 0.1) is 0 Å². The Bertz CT molecular complexity index is 1160. The van der Waals surface area contributed by atoms with Gasteiger partial charge in [-0.1, -0.05) is 83.9 Å². The molecule has 4 heteroatoms. The highest BCUT2D eigenvalue weighted by Gasteiger charge is 2.45. The van der Waals surface area contributed by atoms with Crippen molar-refractivity contribution < 1.29 is 24.8 Å². The number of hydrogen-bond donors (Lipinski definition) is 0.